The summed E-state index contributed by atoms with van der Waals surface area (Å²) in [4.78, 5) is 11.8. The average molecular weight is 321 g/mol. The first-order valence-corrected chi connectivity index (χ1v) is 9.43. The third-order valence-electron chi connectivity index (χ3n) is 3.64. The summed E-state index contributed by atoms with van der Waals surface area (Å²) >= 11 is 1.75. The fraction of sp³-hybridized carbons (Fsp3) is 0.917. The maximum absolute atomic E-state index is 12.2. The van der Waals surface area contributed by atoms with Crippen LogP contribution in [-0.4, -0.2) is 48.4 Å². The van der Waals surface area contributed by atoms with Crippen molar-refractivity contribution in [2.24, 2.45) is 0 Å². The van der Waals surface area contributed by atoms with Gasteiger partial charge in [-0.05, 0) is 26.7 Å². The van der Waals surface area contributed by atoms with Gasteiger partial charge in [0.25, 0.3) is 0 Å². The molecular formula is C12H23N3O3S2. The first-order valence-electron chi connectivity index (χ1n) is 7.01. The summed E-state index contributed by atoms with van der Waals surface area (Å²) in [6.07, 6.45) is 4.05. The van der Waals surface area contributed by atoms with Crippen molar-refractivity contribution in [3.63, 3.8) is 0 Å². The molecule has 0 unspecified atom stereocenters. The molecule has 0 aromatic carbocycles. The van der Waals surface area contributed by atoms with E-state index in [1.807, 2.05) is 13.8 Å². The maximum Gasteiger partial charge on any atom is 0.329 e. The fourth-order valence-corrected chi connectivity index (χ4v) is 5.20. The highest BCUT2D eigenvalue weighted by molar-refractivity contribution is 8.00. The van der Waals surface area contributed by atoms with E-state index < -0.39 is 16.2 Å². The maximum atomic E-state index is 12.2. The molecule has 116 valence electrons. The Hall–Kier alpha value is -0.470. The van der Waals surface area contributed by atoms with Gasteiger partial charge in [-0.3, -0.25) is 0 Å². The minimum atomic E-state index is -3.74. The van der Waals surface area contributed by atoms with E-state index in [4.69, 9.17) is 0 Å². The van der Waals surface area contributed by atoms with Gasteiger partial charge in [0.05, 0.1) is 0 Å². The zero-order valence-corrected chi connectivity index (χ0v) is 13.6. The number of hydrogen-bond donors (Lipinski definition) is 2. The molecule has 1 aliphatic heterocycles. The average Bonchev–Trinajstić information content (AvgIpc) is 2.79. The Morgan fingerprint density at radius 1 is 1.30 bits per heavy atom. The standard InChI is InChI=1S/C12H23N3O3S2/c1-12(2)9-15(7-8-19-12)20(17,18)14-11(16)13-10-5-3-4-6-10/h10H,3-9H2,1-2H3,(H2,13,14,16). The van der Waals surface area contributed by atoms with Crippen molar-refractivity contribution in [1.82, 2.24) is 14.3 Å². The quantitative estimate of drug-likeness (QED) is 0.821. The summed E-state index contributed by atoms with van der Waals surface area (Å²) in [7, 11) is -3.74. The Morgan fingerprint density at radius 3 is 2.55 bits per heavy atom. The number of amides is 2. The minimum Gasteiger partial charge on any atom is -0.335 e. The molecule has 2 N–H and O–H groups in total. The second kappa shape index (κ2) is 6.11. The summed E-state index contributed by atoms with van der Waals surface area (Å²) in [5, 5.41) is 2.73. The number of rotatable bonds is 3. The molecule has 2 aliphatic rings. The van der Waals surface area contributed by atoms with E-state index in [9.17, 15) is 13.2 Å². The molecule has 1 aliphatic carbocycles. The van der Waals surface area contributed by atoms with Crippen LogP contribution in [0.2, 0.25) is 0 Å². The Morgan fingerprint density at radius 2 is 1.95 bits per heavy atom. The number of carbonyl (C=O) groups excluding carboxylic acids is 1. The highest BCUT2D eigenvalue weighted by atomic mass is 32.2. The van der Waals surface area contributed by atoms with Gasteiger partial charge in [-0.25, -0.2) is 9.52 Å². The summed E-state index contributed by atoms with van der Waals surface area (Å²) < 4.78 is 27.8. The molecule has 0 spiro atoms. The Labute approximate surface area is 125 Å². The number of nitrogens with one attached hydrogen (secondary N) is 2. The van der Waals surface area contributed by atoms with E-state index in [-0.39, 0.29) is 10.8 Å². The van der Waals surface area contributed by atoms with E-state index in [2.05, 4.69) is 10.0 Å². The fourth-order valence-electron chi connectivity index (χ4n) is 2.65. The van der Waals surface area contributed by atoms with Crippen LogP contribution in [-0.2, 0) is 10.2 Å². The van der Waals surface area contributed by atoms with Gasteiger partial charge in [0.1, 0.15) is 0 Å². The van der Waals surface area contributed by atoms with Crippen LogP contribution >= 0.6 is 11.8 Å². The van der Waals surface area contributed by atoms with E-state index in [0.717, 1.165) is 31.4 Å². The van der Waals surface area contributed by atoms with Crippen LogP contribution in [0, 0.1) is 0 Å². The lowest BCUT2D eigenvalue weighted by atomic mass is 10.2. The predicted molar refractivity (Wildman–Crippen MR) is 81.0 cm³/mol. The zero-order valence-electron chi connectivity index (χ0n) is 12.0. The molecule has 20 heavy (non-hydrogen) atoms. The van der Waals surface area contributed by atoms with Crippen LogP contribution in [0.15, 0.2) is 0 Å². The first kappa shape index (κ1) is 15.9. The Bertz CT molecular complexity index is 459. The minimum absolute atomic E-state index is 0.110. The van der Waals surface area contributed by atoms with Crippen LogP contribution in [0.25, 0.3) is 0 Å². The number of thioether (sulfide) groups is 1. The largest absolute Gasteiger partial charge is 0.335 e. The molecule has 0 bridgehead atoms. The number of hydrogen-bond acceptors (Lipinski definition) is 4. The number of nitrogens with zero attached hydrogens (tertiary/aromatic N) is 1. The van der Waals surface area contributed by atoms with Gasteiger partial charge in [0.2, 0.25) is 0 Å². The molecule has 0 aromatic heterocycles. The number of urea groups is 1. The van der Waals surface area contributed by atoms with E-state index in [0.29, 0.717) is 13.1 Å². The monoisotopic (exact) mass is 321 g/mol. The van der Waals surface area contributed by atoms with E-state index in [1.54, 1.807) is 11.8 Å². The van der Waals surface area contributed by atoms with Crippen molar-refractivity contribution in [3.8, 4) is 0 Å². The van der Waals surface area contributed by atoms with Crippen LogP contribution in [0.5, 0.6) is 0 Å². The SMILES string of the molecule is CC1(C)CN(S(=O)(=O)NC(=O)NC2CCCC2)CCS1. The van der Waals surface area contributed by atoms with Gasteiger partial charge < -0.3 is 5.32 Å². The second-order valence-corrected chi connectivity index (χ2v) is 9.48. The molecule has 0 atom stereocenters. The predicted octanol–water partition coefficient (Wildman–Crippen LogP) is 1.30. The molecular weight excluding hydrogens is 298 g/mol. The van der Waals surface area contributed by atoms with Gasteiger partial charge in [-0.2, -0.15) is 24.5 Å². The van der Waals surface area contributed by atoms with Crippen molar-refractivity contribution < 1.29 is 13.2 Å². The van der Waals surface area contributed by atoms with Crippen LogP contribution < -0.4 is 10.0 Å². The van der Waals surface area contributed by atoms with Crippen molar-refractivity contribution >= 4 is 28.0 Å². The first-order chi connectivity index (χ1) is 9.28. The van der Waals surface area contributed by atoms with Gasteiger partial charge in [-0.1, -0.05) is 12.8 Å². The van der Waals surface area contributed by atoms with Gasteiger partial charge in [0.15, 0.2) is 0 Å². The molecule has 0 radical (unpaired) electrons. The third-order valence-corrected chi connectivity index (χ3v) is 6.37. The van der Waals surface area contributed by atoms with Crippen molar-refractivity contribution in [2.75, 3.05) is 18.8 Å². The van der Waals surface area contributed by atoms with E-state index in [1.165, 1.54) is 4.31 Å². The Balaban J connectivity index is 1.91. The van der Waals surface area contributed by atoms with Crippen LogP contribution in [0.4, 0.5) is 4.79 Å². The highest BCUT2D eigenvalue weighted by Gasteiger charge is 2.34. The lowest BCUT2D eigenvalue weighted by Crippen LogP contribution is -2.54. The van der Waals surface area contributed by atoms with Gasteiger partial charge in [0, 0.05) is 29.6 Å². The highest BCUT2D eigenvalue weighted by Crippen LogP contribution is 2.30. The van der Waals surface area contributed by atoms with E-state index >= 15 is 0 Å². The van der Waals surface area contributed by atoms with Gasteiger partial charge >= 0.3 is 16.2 Å². The van der Waals surface area contributed by atoms with Crippen LogP contribution in [0.3, 0.4) is 0 Å². The summed E-state index contributed by atoms with van der Waals surface area (Å²) in [6, 6.07) is -0.494. The molecule has 2 fully saturated rings. The molecule has 6 nitrogen and oxygen atoms in total. The second-order valence-electron chi connectivity index (χ2n) is 6.00. The van der Waals surface area contributed by atoms with Crippen molar-refractivity contribution in [1.29, 1.82) is 0 Å². The molecule has 2 rings (SSSR count). The summed E-state index contributed by atoms with van der Waals surface area (Å²) in [6.45, 7) is 4.89. The Kier molecular flexibility index (Phi) is 4.86. The molecule has 1 saturated carbocycles. The summed E-state index contributed by atoms with van der Waals surface area (Å²) in [5.74, 6) is 0.748. The van der Waals surface area contributed by atoms with Crippen LogP contribution in [0.1, 0.15) is 39.5 Å². The lowest BCUT2D eigenvalue weighted by Gasteiger charge is -2.36. The smallest absolute Gasteiger partial charge is 0.329 e. The van der Waals surface area contributed by atoms with Crippen molar-refractivity contribution in [2.45, 2.75) is 50.3 Å². The zero-order chi connectivity index (χ0) is 14.8. The molecule has 2 amide bonds. The third kappa shape index (κ3) is 4.26. The normalized spacial score (nSPS) is 24.5. The number of carbonyl (C=O) groups is 1. The van der Waals surface area contributed by atoms with Crippen molar-refractivity contribution in [3.05, 3.63) is 0 Å². The lowest BCUT2D eigenvalue weighted by molar-refractivity contribution is 0.241. The molecule has 8 heteroatoms. The molecule has 0 aromatic rings. The topological polar surface area (TPSA) is 78.5 Å². The molecule has 1 saturated heterocycles. The molecule has 1 heterocycles. The summed E-state index contributed by atoms with van der Waals surface area (Å²) in [5.41, 5.74) is 0. The van der Waals surface area contributed by atoms with Gasteiger partial charge in [-0.15, -0.1) is 0 Å².